The van der Waals surface area contributed by atoms with Crippen LogP contribution in [0, 0.1) is 12.8 Å². The summed E-state index contributed by atoms with van der Waals surface area (Å²) in [5, 5.41) is 0. The van der Waals surface area contributed by atoms with E-state index in [0.717, 1.165) is 12.0 Å². The third-order valence-electron chi connectivity index (χ3n) is 5.18. The molecule has 5 heteroatoms. The lowest BCUT2D eigenvalue weighted by molar-refractivity contribution is 0.471. The molecule has 1 aromatic rings. The number of fused-ring (bicyclic) bond motifs is 1. The van der Waals surface area contributed by atoms with Gasteiger partial charge in [0.1, 0.15) is 0 Å². The topological polar surface area (TPSA) is 37.4 Å². The second-order valence-electron chi connectivity index (χ2n) is 8.10. The number of rotatable bonds is 3. The zero-order chi connectivity index (χ0) is 17.5. The van der Waals surface area contributed by atoms with Crippen LogP contribution in [0.15, 0.2) is 53.0 Å². The van der Waals surface area contributed by atoms with E-state index in [4.69, 9.17) is 0 Å². The highest BCUT2D eigenvalue weighted by Crippen LogP contribution is 2.37. The molecule has 1 heterocycles. The van der Waals surface area contributed by atoms with E-state index in [0.29, 0.717) is 23.5 Å². The van der Waals surface area contributed by atoms with Crippen molar-refractivity contribution in [2.45, 2.75) is 43.4 Å². The second-order valence-corrected chi connectivity index (χ2v) is 15.5. The molecule has 2 aliphatic rings. The van der Waals surface area contributed by atoms with E-state index < -0.39 is 18.1 Å². The van der Waals surface area contributed by atoms with E-state index in [9.17, 15) is 8.42 Å². The molecular weight excluding hydrogens is 334 g/mol. The molecule has 24 heavy (non-hydrogen) atoms. The average molecular weight is 362 g/mol. The lowest BCUT2D eigenvalue weighted by Gasteiger charge is -2.25. The van der Waals surface area contributed by atoms with Crippen molar-refractivity contribution >= 4 is 18.1 Å². The Hall–Kier alpha value is -1.17. The first kappa shape index (κ1) is 17.6. The smallest absolute Gasteiger partial charge is 0.207 e. The molecule has 1 saturated heterocycles. The Morgan fingerprint density at radius 1 is 1.12 bits per heavy atom. The Labute approximate surface area is 147 Å². The number of nitrogens with zero attached hydrogens (tertiary/aromatic N) is 1. The van der Waals surface area contributed by atoms with E-state index in [1.165, 1.54) is 5.57 Å². The Morgan fingerprint density at radius 3 is 2.42 bits per heavy atom. The molecule has 2 atom stereocenters. The van der Waals surface area contributed by atoms with Crippen LogP contribution >= 0.6 is 0 Å². The van der Waals surface area contributed by atoms with Crippen molar-refractivity contribution in [2.75, 3.05) is 13.1 Å². The van der Waals surface area contributed by atoms with Crippen molar-refractivity contribution in [3.8, 4) is 0 Å². The van der Waals surface area contributed by atoms with Crippen LogP contribution in [0.3, 0.4) is 0 Å². The Kier molecular flexibility index (Phi) is 4.62. The number of benzene rings is 1. The minimum Gasteiger partial charge on any atom is -0.207 e. The molecule has 0 bridgehead atoms. The Bertz CT molecular complexity index is 773. The summed E-state index contributed by atoms with van der Waals surface area (Å²) in [6.07, 6.45) is 7.97. The zero-order valence-electron chi connectivity index (χ0n) is 15.0. The summed E-state index contributed by atoms with van der Waals surface area (Å²) >= 11 is 0. The summed E-state index contributed by atoms with van der Waals surface area (Å²) in [5.41, 5.74) is 2.95. The molecule has 0 amide bonds. The average Bonchev–Trinajstić information content (AvgIpc) is 2.79. The fourth-order valence-electron chi connectivity index (χ4n) is 3.44. The first-order valence-corrected chi connectivity index (χ1v) is 13.6. The van der Waals surface area contributed by atoms with Crippen LogP contribution < -0.4 is 0 Å². The third kappa shape index (κ3) is 3.43. The van der Waals surface area contributed by atoms with Crippen LogP contribution in [0.4, 0.5) is 0 Å². The molecule has 0 aromatic heterocycles. The third-order valence-corrected chi connectivity index (χ3v) is 9.63. The fourth-order valence-corrected chi connectivity index (χ4v) is 6.46. The highest BCUT2D eigenvalue weighted by atomic mass is 32.2. The molecule has 1 aromatic carbocycles. The largest absolute Gasteiger partial charge is 0.243 e. The SMILES string of the molecule is Cc1ccc(S(=O)(=O)N2CC3=C[C@H]([Si](C)(C)C)CC=C[C@@H]3C2)cc1. The molecule has 0 spiro atoms. The van der Waals surface area contributed by atoms with Gasteiger partial charge in [-0.2, -0.15) is 4.31 Å². The molecule has 130 valence electrons. The standard InChI is InChI=1S/C19H27NO2SSi/c1-15-8-10-18(11-9-15)23(21,22)20-13-16-6-5-7-19(24(2,3)4)12-17(16)14-20/h5-6,8-12,16,19H,7,13-14H2,1-4H3/t16-,19-/m1/s1. The fraction of sp³-hybridized carbons (Fsp3) is 0.474. The van der Waals surface area contributed by atoms with Gasteiger partial charge in [-0.25, -0.2) is 8.42 Å². The van der Waals surface area contributed by atoms with Gasteiger partial charge in [-0.05, 0) is 31.0 Å². The maximum Gasteiger partial charge on any atom is 0.243 e. The van der Waals surface area contributed by atoms with Crippen LogP contribution in [-0.2, 0) is 10.0 Å². The first-order chi connectivity index (χ1) is 11.2. The molecule has 3 nitrogen and oxygen atoms in total. The molecule has 0 N–H and O–H groups in total. The van der Waals surface area contributed by atoms with Crippen molar-refractivity contribution in [2.24, 2.45) is 5.92 Å². The summed E-state index contributed by atoms with van der Waals surface area (Å²) in [7, 11) is -4.69. The van der Waals surface area contributed by atoms with Crippen LogP contribution in [0.1, 0.15) is 12.0 Å². The van der Waals surface area contributed by atoms with E-state index in [1.54, 1.807) is 16.4 Å². The molecule has 0 radical (unpaired) electrons. The summed E-state index contributed by atoms with van der Waals surface area (Å²) < 4.78 is 27.5. The number of aryl methyl sites for hydroxylation is 1. The van der Waals surface area contributed by atoms with E-state index in [-0.39, 0.29) is 5.92 Å². The van der Waals surface area contributed by atoms with E-state index in [2.05, 4.69) is 37.9 Å². The number of hydrogen-bond donors (Lipinski definition) is 0. The molecule has 0 saturated carbocycles. The monoisotopic (exact) mass is 361 g/mol. The van der Waals surface area contributed by atoms with E-state index in [1.807, 2.05) is 19.1 Å². The van der Waals surface area contributed by atoms with Crippen molar-refractivity contribution in [1.29, 1.82) is 0 Å². The minimum atomic E-state index is -3.41. The van der Waals surface area contributed by atoms with Gasteiger partial charge in [0.15, 0.2) is 0 Å². The van der Waals surface area contributed by atoms with Crippen LogP contribution in [0.5, 0.6) is 0 Å². The lowest BCUT2D eigenvalue weighted by atomic mass is 10.0. The highest BCUT2D eigenvalue weighted by molar-refractivity contribution is 7.89. The van der Waals surface area contributed by atoms with Gasteiger partial charge in [0.2, 0.25) is 10.0 Å². The van der Waals surface area contributed by atoms with Gasteiger partial charge in [0.25, 0.3) is 0 Å². The molecule has 0 unspecified atom stereocenters. The normalized spacial score (nSPS) is 25.2. The van der Waals surface area contributed by atoms with Gasteiger partial charge in [-0.1, -0.05) is 61.1 Å². The maximum atomic E-state index is 12.9. The molecule has 1 aliphatic heterocycles. The summed E-state index contributed by atoms with van der Waals surface area (Å²) in [5.74, 6) is 0.242. The van der Waals surface area contributed by atoms with Crippen molar-refractivity contribution in [3.63, 3.8) is 0 Å². The van der Waals surface area contributed by atoms with Crippen LogP contribution in [-0.4, -0.2) is 33.9 Å². The molecular formula is C19H27NO2SSi. The van der Waals surface area contributed by atoms with Gasteiger partial charge < -0.3 is 0 Å². The molecule has 1 fully saturated rings. The Morgan fingerprint density at radius 2 is 1.79 bits per heavy atom. The van der Waals surface area contributed by atoms with Crippen molar-refractivity contribution in [1.82, 2.24) is 4.31 Å². The number of hydrogen-bond acceptors (Lipinski definition) is 2. The second kappa shape index (κ2) is 6.28. The van der Waals surface area contributed by atoms with Gasteiger partial charge in [0.05, 0.1) is 13.0 Å². The predicted octanol–water partition coefficient (Wildman–Crippen LogP) is 4.21. The summed E-state index contributed by atoms with van der Waals surface area (Å²) in [6.45, 7) is 10.2. The molecule has 3 rings (SSSR count). The van der Waals surface area contributed by atoms with Gasteiger partial charge in [-0.3, -0.25) is 0 Å². The van der Waals surface area contributed by atoms with Crippen molar-refractivity contribution in [3.05, 3.63) is 53.6 Å². The maximum absolute atomic E-state index is 12.9. The number of sulfonamides is 1. The van der Waals surface area contributed by atoms with Crippen LogP contribution in [0.2, 0.25) is 25.2 Å². The molecule has 1 aliphatic carbocycles. The van der Waals surface area contributed by atoms with Gasteiger partial charge in [0, 0.05) is 19.0 Å². The zero-order valence-corrected chi connectivity index (χ0v) is 16.8. The highest BCUT2D eigenvalue weighted by Gasteiger charge is 2.37. The first-order valence-electron chi connectivity index (χ1n) is 8.62. The van der Waals surface area contributed by atoms with Gasteiger partial charge in [-0.15, -0.1) is 0 Å². The predicted molar refractivity (Wildman–Crippen MR) is 102 cm³/mol. The van der Waals surface area contributed by atoms with Crippen LogP contribution in [0.25, 0.3) is 0 Å². The quantitative estimate of drug-likeness (QED) is 0.597. The Balaban J connectivity index is 1.88. The number of allylic oxidation sites excluding steroid dienone is 2. The summed E-state index contributed by atoms with van der Waals surface area (Å²) in [4.78, 5) is 0.399. The van der Waals surface area contributed by atoms with Gasteiger partial charge >= 0.3 is 0 Å². The van der Waals surface area contributed by atoms with E-state index >= 15 is 0 Å². The van der Waals surface area contributed by atoms with Crippen molar-refractivity contribution < 1.29 is 8.42 Å². The minimum absolute atomic E-state index is 0.242. The lowest BCUT2D eigenvalue weighted by Crippen LogP contribution is -2.29. The summed E-state index contributed by atoms with van der Waals surface area (Å²) in [6, 6.07) is 7.16.